The fraction of sp³-hybridized carbons (Fsp3) is 0.533. The summed E-state index contributed by atoms with van der Waals surface area (Å²) in [7, 11) is 0. The van der Waals surface area contributed by atoms with E-state index in [0.29, 0.717) is 13.2 Å². The second-order valence-electron chi connectivity index (χ2n) is 4.65. The molecule has 0 bridgehead atoms. The van der Waals surface area contributed by atoms with Gasteiger partial charge in [0.25, 0.3) is 0 Å². The number of nitrogen functional groups attached to an aromatic ring is 1. The van der Waals surface area contributed by atoms with Gasteiger partial charge >= 0.3 is 6.09 Å². The minimum Gasteiger partial charge on any atom is -0.450 e. The van der Waals surface area contributed by atoms with E-state index in [1.807, 2.05) is 24.3 Å². The third-order valence-corrected chi connectivity index (χ3v) is 2.90. The first-order valence-corrected chi connectivity index (χ1v) is 6.97. The van der Waals surface area contributed by atoms with Crippen molar-refractivity contribution in [3.63, 3.8) is 0 Å². The van der Waals surface area contributed by atoms with Crippen LogP contribution in [-0.2, 0) is 11.3 Å². The second kappa shape index (κ2) is 9.25. The standard InChI is InChI=1S/C15H24N2O2/c1-2-3-4-5-6-11-19-15(18)17-12-13-7-9-14(16)10-8-13/h7-10H,2-6,11-12,16H2,1H3,(H,17,18). The Bertz CT molecular complexity index is 363. The minimum atomic E-state index is -0.354. The number of nitrogens with two attached hydrogens (primary N) is 1. The molecular weight excluding hydrogens is 240 g/mol. The molecule has 0 unspecified atom stereocenters. The van der Waals surface area contributed by atoms with E-state index < -0.39 is 0 Å². The number of carbonyl (C=O) groups excluding carboxylic acids is 1. The SMILES string of the molecule is CCCCCCCOC(=O)NCc1ccc(N)cc1. The van der Waals surface area contributed by atoms with Gasteiger partial charge in [-0.15, -0.1) is 0 Å². The maximum Gasteiger partial charge on any atom is 0.407 e. The zero-order valence-electron chi connectivity index (χ0n) is 11.7. The van der Waals surface area contributed by atoms with E-state index in [2.05, 4.69) is 12.2 Å². The van der Waals surface area contributed by atoms with Crippen molar-refractivity contribution in [3.8, 4) is 0 Å². The summed E-state index contributed by atoms with van der Waals surface area (Å²) in [5, 5.41) is 2.72. The summed E-state index contributed by atoms with van der Waals surface area (Å²) in [6.07, 6.45) is 5.40. The largest absolute Gasteiger partial charge is 0.450 e. The average molecular weight is 264 g/mol. The Balaban J connectivity index is 2.06. The molecule has 1 rings (SSSR count). The molecule has 0 aromatic heterocycles. The molecule has 4 heteroatoms. The summed E-state index contributed by atoms with van der Waals surface area (Å²) in [4.78, 5) is 11.4. The molecule has 0 saturated carbocycles. The molecule has 0 radical (unpaired) electrons. The van der Waals surface area contributed by atoms with E-state index in [-0.39, 0.29) is 6.09 Å². The molecule has 0 aliphatic carbocycles. The van der Waals surface area contributed by atoms with Gasteiger partial charge in [-0.3, -0.25) is 0 Å². The third kappa shape index (κ3) is 7.34. The van der Waals surface area contributed by atoms with Crippen LogP contribution in [0.4, 0.5) is 10.5 Å². The van der Waals surface area contributed by atoms with E-state index in [4.69, 9.17) is 10.5 Å². The predicted octanol–water partition coefficient (Wildman–Crippen LogP) is 3.47. The zero-order valence-corrected chi connectivity index (χ0v) is 11.7. The molecule has 0 saturated heterocycles. The monoisotopic (exact) mass is 264 g/mol. The highest BCUT2D eigenvalue weighted by Gasteiger charge is 2.01. The number of alkyl carbamates (subject to hydrolysis) is 1. The van der Waals surface area contributed by atoms with Crippen molar-refractivity contribution in [2.24, 2.45) is 0 Å². The molecule has 0 fully saturated rings. The summed E-state index contributed by atoms with van der Waals surface area (Å²) in [6.45, 7) is 3.15. The van der Waals surface area contributed by atoms with Crippen molar-refractivity contribution in [1.82, 2.24) is 5.32 Å². The topological polar surface area (TPSA) is 64.3 Å². The van der Waals surface area contributed by atoms with Gasteiger partial charge in [0.15, 0.2) is 0 Å². The number of amides is 1. The van der Waals surface area contributed by atoms with Gasteiger partial charge in [0.1, 0.15) is 0 Å². The Kier molecular flexibility index (Phi) is 7.47. The number of hydrogen-bond acceptors (Lipinski definition) is 3. The number of anilines is 1. The van der Waals surface area contributed by atoms with Crippen LogP contribution >= 0.6 is 0 Å². The number of unbranched alkanes of at least 4 members (excludes halogenated alkanes) is 4. The average Bonchev–Trinajstić information content (AvgIpc) is 2.42. The highest BCUT2D eigenvalue weighted by atomic mass is 16.5. The van der Waals surface area contributed by atoms with E-state index in [9.17, 15) is 4.79 Å². The van der Waals surface area contributed by atoms with Gasteiger partial charge in [-0.1, -0.05) is 44.7 Å². The fourth-order valence-electron chi connectivity index (χ4n) is 1.73. The van der Waals surface area contributed by atoms with Crippen LogP contribution in [0.1, 0.15) is 44.6 Å². The third-order valence-electron chi connectivity index (χ3n) is 2.90. The summed E-state index contributed by atoms with van der Waals surface area (Å²) < 4.78 is 5.09. The summed E-state index contributed by atoms with van der Waals surface area (Å²) in [5.74, 6) is 0. The maximum atomic E-state index is 11.4. The lowest BCUT2D eigenvalue weighted by molar-refractivity contribution is 0.143. The quantitative estimate of drug-likeness (QED) is 0.558. The predicted molar refractivity (Wildman–Crippen MR) is 77.8 cm³/mol. The molecule has 19 heavy (non-hydrogen) atoms. The molecule has 4 nitrogen and oxygen atoms in total. The van der Waals surface area contributed by atoms with Gasteiger partial charge in [0.2, 0.25) is 0 Å². The van der Waals surface area contributed by atoms with Crippen LogP contribution in [0.5, 0.6) is 0 Å². The Morgan fingerprint density at radius 1 is 1.16 bits per heavy atom. The Morgan fingerprint density at radius 3 is 2.53 bits per heavy atom. The molecule has 0 heterocycles. The van der Waals surface area contributed by atoms with Crippen LogP contribution in [0.2, 0.25) is 0 Å². The summed E-state index contributed by atoms with van der Waals surface area (Å²) in [5.41, 5.74) is 7.32. The second-order valence-corrected chi connectivity index (χ2v) is 4.65. The van der Waals surface area contributed by atoms with E-state index in [1.165, 1.54) is 19.3 Å². The normalized spacial score (nSPS) is 10.2. The number of rotatable bonds is 8. The zero-order chi connectivity index (χ0) is 13.9. The molecule has 1 amide bonds. The minimum absolute atomic E-state index is 0.354. The lowest BCUT2D eigenvalue weighted by Crippen LogP contribution is -2.24. The first-order valence-electron chi connectivity index (χ1n) is 6.97. The van der Waals surface area contributed by atoms with Gasteiger partial charge in [0.05, 0.1) is 6.61 Å². The maximum absolute atomic E-state index is 11.4. The van der Waals surface area contributed by atoms with E-state index in [1.54, 1.807) is 0 Å². The molecule has 106 valence electrons. The highest BCUT2D eigenvalue weighted by Crippen LogP contribution is 2.05. The van der Waals surface area contributed by atoms with Gasteiger partial charge in [-0.25, -0.2) is 4.79 Å². The van der Waals surface area contributed by atoms with Gasteiger partial charge in [0, 0.05) is 12.2 Å². The van der Waals surface area contributed by atoms with Crippen LogP contribution in [0, 0.1) is 0 Å². The van der Waals surface area contributed by atoms with E-state index in [0.717, 1.165) is 24.1 Å². The Labute approximate surface area is 115 Å². The number of benzene rings is 1. The first-order chi connectivity index (χ1) is 9.22. The van der Waals surface area contributed by atoms with Crippen molar-refractivity contribution in [3.05, 3.63) is 29.8 Å². The molecule has 0 aliphatic rings. The van der Waals surface area contributed by atoms with Crippen LogP contribution in [0.15, 0.2) is 24.3 Å². The fourth-order valence-corrected chi connectivity index (χ4v) is 1.73. The molecule has 0 spiro atoms. The number of carbonyl (C=O) groups is 1. The van der Waals surface area contributed by atoms with Crippen molar-refractivity contribution >= 4 is 11.8 Å². The molecule has 0 atom stereocenters. The highest BCUT2D eigenvalue weighted by molar-refractivity contribution is 5.67. The molecule has 3 N–H and O–H groups in total. The number of nitrogens with one attached hydrogen (secondary N) is 1. The van der Waals surface area contributed by atoms with Crippen LogP contribution < -0.4 is 11.1 Å². The number of hydrogen-bond donors (Lipinski definition) is 2. The van der Waals surface area contributed by atoms with Gasteiger partial charge in [-0.2, -0.15) is 0 Å². The smallest absolute Gasteiger partial charge is 0.407 e. The lowest BCUT2D eigenvalue weighted by atomic mass is 10.2. The van der Waals surface area contributed by atoms with E-state index >= 15 is 0 Å². The first kappa shape index (κ1) is 15.3. The van der Waals surface area contributed by atoms with Crippen LogP contribution in [-0.4, -0.2) is 12.7 Å². The number of ether oxygens (including phenoxy) is 1. The molecular formula is C15H24N2O2. The Hall–Kier alpha value is -1.71. The lowest BCUT2D eigenvalue weighted by Gasteiger charge is -2.07. The summed E-state index contributed by atoms with van der Waals surface area (Å²) in [6, 6.07) is 7.41. The van der Waals surface area contributed by atoms with Crippen molar-refractivity contribution in [2.75, 3.05) is 12.3 Å². The van der Waals surface area contributed by atoms with Gasteiger partial charge < -0.3 is 15.8 Å². The van der Waals surface area contributed by atoms with Crippen molar-refractivity contribution < 1.29 is 9.53 Å². The van der Waals surface area contributed by atoms with Crippen molar-refractivity contribution in [2.45, 2.75) is 45.6 Å². The summed E-state index contributed by atoms with van der Waals surface area (Å²) >= 11 is 0. The van der Waals surface area contributed by atoms with Crippen molar-refractivity contribution in [1.29, 1.82) is 0 Å². The van der Waals surface area contributed by atoms with Crippen LogP contribution in [0.25, 0.3) is 0 Å². The van der Waals surface area contributed by atoms with Crippen LogP contribution in [0.3, 0.4) is 0 Å². The molecule has 1 aromatic rings. The molecule has 1 aromatic carbocycles. The van der Waals surface area contributed by atoms with Gasteiger partial charge in [-0.05, 0) is 24.1 Å². The molecule has 0 aliphatic heterocycles. The Morgan fingerprint density at radius 2 is 1.84 bits per heavy atom.